The van der Waals surface area contributed by atoms with Gasteiger partial charge in [0.25, 0.3) is 5.91 Å². The van der Waals surface area contributed by atoms with Crippen molar-refractivity contribution in [3.8, 4) is 0 Å². The van der Waals surface area contributed by atoms with E-state index in [4.69, 9.17) is 9.52 Å². The molecule has 0 unspecified atom stereocenters. The van der Waals surface area contributed by atoms with Gasteiger partial charge in [-0.15, -0.1) is 0 Å². The molecule has 1 amide bonds. The largest absolute Gasteiger partial charge is 0.481 e. The maximum Gasteiger partial charge on any atom is 0.306 e. The molecule has 110 valence electrons. The van der Waals surface area contributed by atoms with Gasteiger partial charge in [-0.2, -0.15) is 0 Å². The van der Waals surface area contributed by atoms with Gasteiger partial charge in [0.2, 0.25) is 0 Å². The lowest BCUT2D eigenvalue weighted by atomic mass is 10.1. The summed E-state index contributed by atoms with van der Waals surface area (Å²) in [6.07, 6.45) is 3.44. The van der Waals surface area contributed by atoms with Gasteiger partial charge in [0.1, 0.15) is 5.76 Å². The molecule has 0 saturated heterocycles. The van der Waals surface area contributed by atoms with Crippen molar-refractivity contribution < 1.29 is 19.1 Å². The molecule has 20 heavy (non-hydrogen) atoms. The Hall–Kier alpha value is -1.78. The van der Waals surface area contributed by atoms with Crippen molar-refractivity contribution in [1.29, 1.82) is 0 Å². The van der Waals surface area contributed by atoms with Crippen LogP contribution in [0.15, 0.2) is 10.5 Å². The van der Waals surface area contributed by atoms with Crippen molar-refractivity contribution in [2.24, 2.45) is 5.92 Å². The lowest BCUT2D eigenvalue weighted by Crippen LogP contribution is -2.33. The zero-order chi connectivity index (χ0) is 14.7. The molecule has 0 aliphatic heterocycles. The second kappa shape index (κ2) is 6.11. The van der Waals surface area contributed by atoms with Crippen molar-refractivity contribution in [1.82, 2.24) is 5.32 Å². The highest BCUT2D eigenvalue weighted by atomic mass is 16.4. The molecule has 2 N–H and O–H groups in total. The predicted octanol–water partition coefficient (Wildman–Crippen LogP) is 2.39. The van der Waals surface area contributed by atoms with E-state index in [1.807, 2.05) is 13.8 Å². The minimum Gasteiger partial charge on any atom is -0.481 e. The first-order valence-electron chi connectivity index (χ1n) is 7.20. The normalized spacial score (nSPS) is 21.9. The highest BCUT2D eigenvalue weighted by molar-refractivity contribution is 5.92. The van der Waals surface area contributed by atoms with Gasteiger partial charge in [-0.3, -0.25) is 9.59 Å². The van der Waals surface area contributed by atoms with Crippen LogP contribution < -0.4 is 5.32 Å². The Labute approximate surface area is 118 Å². The Balaban J connectivity index is 1.99. The van der Waals surface area contributed by atoms with Crippen LogP contribution in [0.4, 0.5) is 0 Å². The molecule has 0 radical (unpaired) electrons. The average Bonchev–Trinajstić information content (AvgIpc) is 3.04. The van der Waals surface area contributed by atoms with Gasteiger partial charge in [-0.25, -0.2) is 0 Å². The third-order valence-electron chi connectivity index (χ3n) is 3.94. The summed E-state index contributed by atoms with van der Waals surface area (Å²) in [7, 11) is 0. The minimum atomic E-state index is -0.777. The van der Waals surface area contributed by atoms with E-state index >= 15 is 0 Å². The molecule has 5 heteroatoms. The second-order valence-electron chi connectivity index (χ2n) is 5.28. The standard InChI is InChI=1S/C15H21NO4/c1-3-9-8-13(20-12(9)4-2)14(17)16-11-6-5-10(7-11)15(18)19/h8,10-11H,3-7H2,1-2H3,(H,16,17)(H,18,19)/t10-,11+/m0/s1. The van der Waals surface area contributed by atoms with Crippen LogP contribution in [0, 0.1) is 5.92 Å². The molecule has 1 aliphatic carbocycles. The molecular formula is C15H21NO4. The highest BCUT2D eigenvalue weighted by Crippen LogP contribution is 2.26. The second-order valence-corrected chi connectivity index (χ2v) is 5.28. The monoisotopic (exact) mass is 279 g/mol. The first-order chi connectivity index (χ1) is 9.55. The quantitative estimate of drug-likeness (QED) is 0.867. The maximum absolute atomic E-state index is 12.1. The minimum absolute atomic E-state index is 0.0659. The summed E-state index contributed by atoms with van der Waals surface area (Å²) in [6.45, 7) is 4.02. The van der Waals surface area contributed by atoms with Crippen molar-refractivity contribution in [3.63, 3.8) is 0 Å². The topological polar surface area (TPSA) is 79.5 Å². The summed E-state index contributed by atoms with van der Waals surface area (Å²) in [5.74, 6) is -0.170. The molecular weight excluding hydrogens is 258 g/mol. The number of carbonyl (C=O) groups excluding carboxylic acids is 1. The summed E-state index contributed by atoms with van der Waals surface area (Å²) in [5.41, 5.74) is 1.06. The molecule has 1 aromatic heterocycles. The van der Waals surface area contributed by atoms with Crippen molar-refractivity contribution >= 4 is 11.9 Å². The van der Waals surface area contributed by atoms with Crippen molar-refractivity contribution in [3.05, 3.63) is 23.2 Å². The number of carboxylic acids is 1. The first-order valence-corrected chi connectivity index (χ1v) is 7.20. The Morgan fingerprint density at radius 3 is 2.60 bits per heavy atom. The predicted molar refractivity (Wildman–Crippen MR) is 73.7 cm³/mol. The van der Waals surface area contributed by atoms with Crippen molar-refractivity contribution in [2.45, 2.75) is 52.0 Å². The van der Waals surface area contributed by atoms with E-state index in [0.717, 1.165) is 24.2 Å². The van der Waals surface area contributed by atoms with E-state index in [1.54, 1.807) is 6.07 Å². The molecule has 1 heterocycles. The molecule has 0 aromatic carbocycles. The zero-order valence-corrected chi connectivity index (χ0v) is 11.9. The molecule has 5 nitrogen and oxygen atoms in total. The summed E-state index contributed by atoms with van der Waals surface area (Å²) in [6, 6.07) is 1.72. The number of rotatable bonds is 5. The summed E-state index contributed by atoms with van der Waals surface area (Å²) < 4.78 is 5.57. The molecule has 0 bridgehead atoms. The van der Waals surface area contributed by atoms with E-state index < -0.39 is 5.97 Å². The third-order valence-corrected chi connectivity index (χ3v) is 3.94. The van der Waals surface area contributed by atoms with E-state index in [0.29, 0.717) is 25.0 Å². The molecule has 1 saturated carbocycles. The van der Waals surface area contributed by atoms with Crippen LogP contribution in [-0.2, 0) is 17.6 Å². The Morgan fingerprint density at radius 1 is 1.35 bits per heavy atom. The number of carbonyl (C=O) groups is 2. The van der Waals surface area contributed by atoms with E-state index in [-0.39, 0.29) is 17.9 Å². The molecule has 0 spiro atoms. The number of aryl methyl sites for hydroxylation is 2. The van der Waals surface area contributed by atoms with Crippen LogP contribution >= 0.6 is 0 Å². The number of nitrogens with one attached hydrogen (secondary N) is 1. The highest BCUT2D eigenvalue weighted by Gasteiger charge is 2.31. The Morgan fingerprint density at radius 2 is 2.10 bits per heavy atom. The molecule has 2 atom stereocenters. The van der Waals surface area contributed by atoms with Gasteiger partial charge < -0.3 is 14.8 Å². The Kier molecular flexibility index (Phi) is 4.47. The summed E-state index contributed by atoms with van der Waals surface area (Å²) in [4.78, 5) is 23.0. The van der Waals surface area contributed by atoms with Gasteiger partial charge in [-0.05, 0) is 37.3 Å². The molecule has 1 fully saturated rings. The lowest BCUT2D eigenvalue weighted by molar-refractivity contribution is -0.141. The van der Waals surface area contributed by atoms with E-state index in [1.165, 1.54) is 0 Å². The molecule has 1 aliphatic rings. The summed E-state index contributed by atoms with van der Waals surface area (Å²) >= 11 is 0. The van der Waals surface area contributed by atoms with Gasteiger partial charge in [0.05, 0.1) is 5.92 Å². The van der Waals surface area contributed by atoms with E-state index in [2.05, 4.69) is 5.32 Å². The smallest absolute Gasteiger partial charge is 0.306 e. The average molecular weight is 279 g/mol. The van der Waals surface area contributed by atoms with Gasteiger partial charge in [0, 0.05) is 12.5 Å². The van der Waals surface area contributed by atoms with Gasteiger partial charge in [0.15, 0.2) is 5.76 Å². The van der Waals surface area contributed by atoms with Crippen LogP contribution in [0.3, 0.4) is 0 Å². The first kappa shape index (κ1) is 14.6. The number of hydrogen-bond donors (Lipinski definition) is 2. The number of furan rings is 1. The van der Waals surface area contributed by atoms with Crippen LogP contribution in [0.2, 0.25) is 0 Å². The maximum atomic E-state index is 12.1. The van der Waals surface area contributed by atoms with Crippen molar-refractivity contribution in [2.75, 3.05) is 0 Å². The van der Waals surface area contributed by atoms with Gasteiger partial charge in [-0.1, -0.05) is 13.8 Å². The van der Waals surface area contributed by atoms with Gasteiger partial charge >= 0.3 is 5.97 Å². The van der Waals surface area contributed by atoms with Crippen LogP contribution in [0.5, 0.6) is 0 Å². The fourth-order valence-electron chi connectivity index (χ4n) is 2.77. The summed E-state index contributed by atoms with van der Waals surface area (Å²) in [5, 5.41) is 11.8. The SMILES string of the molecule is CCc1cc(C(=O)N[C@@H]2CC[C@H](C(=O)O)C2)oc1CC. The van der Waals surface area contributed by atoms with Crippen LogP contribution in [-0.4, -0.2) is 23.0 Å². The number of amides is 1. The van der Waals surface area contributed by atoms with Crippen LogP contribution in [0.1, 0.15) is 55.0 Å². The van der Waals surface area contributed by atoms with E-state index in [9.17, 15) is 9.59 Å². The Bertz CT molecular complexity index is 484. The fourth-order valence-corrected chi connectivity index (χ4v) is 2.77. The van der Waals surface area contributed by atoms with Crippen LogP contribution in [0.25, 0.3) is 0 Å². The number of hydrogen-bond acceptors (Lipinski definition) is 3. The zero-order valence-electron chi connectivity index (χ0n) is 11.9. The molecule has 1 aromatic rings. The molecule has 2 rings (SSSR count). The number of carboxylic acid groups (broad SMARTS) is 1. The number of aliphatic carboxylic acids is 1. The lowest BCUT2D eigenvalue weighted by Gasteiger charge is -2.10. The third kappa shape index (κ3) is 3.03. The fraction of sp³-hybridized carbons (Fsp3) is 0.600.